The molecule has 0 aliphatic rings. The zero-order valence-electron chi connectivity index (χ0n) is 10.6. The van der Waals surface area contributed by atoms with Crippen molar-refractivity contribution in [2.24, 2.45) is 0 Å². The van der Waals surface area contributed by atoms with Crippen molar-refractivity contribution in [2.45, 2.75) is 19.4 Å². The van der Waals surface area contributed by atoms with E-state index < -0.39 is 6.10 Å². The first kappa shape index (κ1) is 14.7. The smallest absolute Gasteiger partial charge is 0.246 e. The topological polar surface area (TPSA) is 40.5 Å². The van der Waals surface area contributed by atoms with Gasteiger partial charge in [-0.25, -0.2) is 0 Å². The molecule has 1 amide bonds. The lowest BCUT2D eigenvalue weighted by Crippen LogP contribution is -2.27. The van der Waals surface area contributed by atoms with Gasteiger partial charge in [-0.15, -0.1) is 0 Å². The number of likely N-dealkylation sites (N-methyl/N-ethyl adjacent to an activating group) is 1. The fraction of sp³-hybridized carbons (Fsp3) is 0.357. The Bertz CT molecular complexity index is 430. The summed E-state index contributed by atoms with van der Waals surface area (Å²) in [5.41, 5.74) is 0.889. The highest BCUT2D eigenvalue weighted by molar-refractivity contribution is 6.30. The van der Waals surface area contributed by atoms with Crippen LogP contribution in [0, 0.1) is 0 Å². The number of carbonyl (C=O) groups is 1. The Hall–Kier alpha value is -1.32. The molecule has 0 bridgehead atoms. The van der Waals surface area contributed by atoms with Crippen molar-refractivity contribution in [3.05, 3.63) is 40.9 Å². The zero-order chi connectivity index (χ0) is 13.5. The molecule has 3 nitrogen and oxygen atoms in total. The predicted octanol–water partition coefficient (Wildman–Crippen LogP) is 2.58. The minimum Gasteiger partial charge on any atom is -0.393 e. The monoisotopic (exact) mass is 267 g/mol. The van der Waals surface area contributed by atoms with Crippen molar-refractivity contribution in [1.82, 2.24) is 4.90 Å². The number of nitrogens with zero attached hydrogens (tertiary/aromatic N) is 1. The van der Waals surface area contributed by atoms with Crippen molar-refractivity contribution in [3.8, 4) is 0 Å². The number of hydrogen-bond donors (Lipinski definition) is 1. The van der Waals surface area contributed by atoms with Gasteiger partial charge in [0.15, 0.2) is 0 Å². The molecule has 0 fully saturated rings. The van der Waals surface area contributed by atoms with Gasteiger partial charge < -0.3 is 10.0 Å². The first-order chi connectivity index (χ1) is 8.49. The lowest BCUT2D eigenvalue weighted by atomic mass is 10.2. The van der Waals surface area contributed by atoms with Gasteiger partial charge in [-0.2, -0.15) is 0 Å². The summed E-state index contributed by atoms with van der Waals surface area (Å²) in [6.45, 7) is 2.25. The van der Waals surface area contributed by atoms with Gasteiger partial charge in [-0.1, -0.05) is 23.7 Å². The predicted molar refractivity (Wildman–Crippen MR) is 74.4 cm³/mol. The number of benzene rings is 1. The number of rotatable bonds is 5. The lowest BCUT2D eigenvalue weighted by Gasteiger charge is -2.15. The maximum absolute atomic E-state index is 11.7. The van der Waals surface area contributed by atoms with Crippen molar-refractivity contribution in [3.63, 3.8) is 0 Å². The molecule has 1 aromatic rings. The third kappa shape index (κ3) is 5.34. The van der Waals surface area contributed by atoms with Gasteiger partial charge in [-0.3, -0.25) is 4.79 Å². The maximum Gasteiger partial charge on any atom is 0.246 e. The average Bonchev–Trinajstić information content (AvgIpc) is 2.33. The Labute approximate surface area is 113 Å². The molecule has 0 aromatic heterocycles. The van der Waals surface area contributed by atoms with Crippen LogP contribution in [0.2, 0.25) is 5.02 Å². The van der Waals surface area contributed by atoms with Crippen LogP contribution in [0.25, 0.3) is 6.08 Å². The second-order valence-electron chi connectivity index (χ2n) is 4.29. The lowest BCUT2D eigenvalue weighted by molar-refractivity contribution is -0.124. The number of carbonyl (C=O) groups excluding carboxylic acids is 1. The standard InChI is InChI=1S/C14H18ClNO2/c1-11(17)8-9-16(2)14(18)7-6-12-4-3-5-13(15)10-12/h3-7,10-11,17H,8-9H2,1-2H3/b7-6+. The summed E-state index contributed by atoms with van der Waals surface area (Å²) in [5.74, 6) is -0.0874. The van der Waals surface area contributed by atoms with E-state index in [1.54, 1.807) is 37.1 Å². The zero-order valence-corrected chi connectivity index (χ0v) is 11.4. The van der Waals surface area contributed by atoms with Crippen LogP contribution in [-0.2, 0) is 4.79 Å². The van der Waals surface area contributed by atoms with Crippen LogP contribution in [0.15, 0.2) is 30.3 Å². The normalized spacial score (nSPS) is 12.7. The SMILES string of the molecule is CC(O)CCN(C)C(=O)/C=C/c1cccc(Cl)c1. The number of halogens is 1. The second-order valence-corrected chi connectivity index (χ2v) is 4.72. The van der Waals surface area contributed by atoms with Gasteiger partial charge in [0.2, 0.25) is 5.91 Å². The molecule has 0 aliphatic heterocycles. The van der Waals surface area contributed by atoms with Crippen LogP contribution in [0.4, 0.5) is 0 Å². The second kappa shape index (κ2) is 7.19. The highest BCUT2D eigenvalue weighted by Crippen LogP contribution is 2.11. The molecule has 1 unspecified atom stereocenters. The van der Waals surface area contributed by atoms with Crippen LogP contribution >= 0.6 is 11.6 Å². The van der Waals surface area contributed by atoms with Crippen LogP contribution < -0.4 is 0 Å². The van der Waals surface area contributed by atoms with Crippen molar-refractivity contribution in [2.75, 3.05) is 13.6 Å². The van der Waals surface area contributed by atoms with Crippen molar-refractivity contribution >= 4 is 23.6 Å². The summed E-state index contributed by atoms with van der Waals surface area (Å²) in [6.07, 6.45) is 3.42. The summed E-state index contributed by atoms with van der Waals surface area (Å²) < 4.78 is 0. The Morgan fingerprint density at radius 2 is 2.28 bits per heavy atom. The Kier molecular flexibility index (Phi) is 5.89. The summed E-state index contributed by atoms with van der Waals surface area (Å²) in [4.78, 5) is 13.3. The molecule has 1 N–H and O–H groups in total. The van der Waals surface area contributed by atoms with Crippen LogP contribution in [0.5, 0.6) is 0 Å². The summed E-state index contributed by atoms with van der Waals surface area (Å²) >= 11 is 5.85. The van der Waals surface area contributed by atoms with Gasteiger partial charge in [0.25, 0.3) is 0 Å². The summed E-state index contributed by atoms with van der Waals surface area (Å²) in [6, 6.07) is 7.30. The Balaban J connectivity index is 2.53. The molecule has 18 heavy (non-hydrogen) atoms. The van der Waals surface area contributed by atoms with Gasteiger partial charge in [-0.05, 0) is 37.1 Å². The molecule has 1 rings (SSSR count). The number of aliphatic hydroxyl groups excluding tert-OH is 1. The first-order valence-electron chi connectivity index (χ1n) is 5.86. The van der Waals surface area contributed by atoms with Crippen molar-refractivity contribution in [1.29, 1.82) is 0 Å². The first-order valence-corrected chi connectivity index (χ1v) is 6.23. The van der Waals surface area contributed by atoms with E-state index in [1.165, 1.54) is 6.08 Å². The summed E-state index contributed by atoms with van der Waals surface area (Å²) in [7, 11) is 1.72. The van der Waals surface area contributed by atoms with Crippen LogP contribution in [0.1, 0.15) is 18.9 Å². The minimum absolute atomic E-state index is 0.0874. The van der Waals surface area contributed by atoms with Crippen molar-refractivity contribution < 1.29 is 9.90 Å². The third-order valence-corrected chi connectivity index (χ3v) is 2.76. The molecule has 4 heteroatoms. The highest BCUT2D eigenvalue weighted by atomic mass is 35.5. The number of aliphatic hydroxyl groups is 1. The molecule has 0 radical (unpaired) electrons. The molecule has 1 aromatic carbocycles. The average molecular weight is 268 g/mol. The number of amides is 1. The van der Waals surface area contributed by atoms with Crippen LogP contribution in [-0.4, -0.2) is 35.6 Å². The molecule has 0 aliphatic carbocycles. The summed E-state index contributed by atoms with van der Waals surface area (Å²) in [5, 5.41) is 9.80. The molecule has 0 saturated heterocycles. The number of hydrogen-bond acceptors (Lipinski definition) is 2. The van der Waals surface area contributed by atoms with E-state index in [4.69, 9.17) is 16.7 Å². The molecule has 1 atom stereocenters. The maximum atomic E-state index is 11.7. The minimum atomic E-state index is -0.392. The molecule has 98 valence electrons. The van der Waals surface area contributed by atoms with Gasteiger partial charge >= 0.3 is 0 Å². The molecular formula is C14H18ClNO2. The van der Waals surface area contributed by atoms with Crippen LogP contribution in [0.3, 0.4) is 0 Å². The van der Waals surface area contributed by atoms with E-state index in [2.05, 4.69) is 0 Å². The van der Waals surface area contributed by atoms with E-state index in [1.807, 2.05) is 12.1 Å². The van der Waals surface area contributed by atoms with E-state index in [9.17, 15) is 4.79 Å². The Morgan fingerprint density at radius 3 is 2.89 bits per heavy atom. The van der Waals surface area contributed by atoms with E-state index in [0.29, 0.717) is 18.0 Å². The highest BCUT2D eigenvalue weighted by Gasteiger charge is 2.05. The van der Waals surface area contributed by atoms with E-state index in [0.717, 1.165) is 5.56 Å². The van der Waals surface area contributed by atoms with Gasteiger partial charge in [0, 0.05) is 24.7 Å². The fourth-order valence-electron chi connectivity index (χ4n) is 1.40. The molecular weight excluding hydrogens is 250 g/mol. The van der Waals surface area contributed by atoms with E-state index in [-0.39, 0.29) is 5.91 Å². The Morgan fingerprint density at radius 1 is 1.56 bits per heavy atom. The molecule has 0 saturated carbocycles. The molecule has 0 heterocycles. The largest absolute Gasteiger partial charge is 0.393 e. The van der Waals surface area contributed by atoms with E-state index >= 15 is 0 Å². The third-order valence-electron chi connectivity index (χ3n) is 2.53. The molecule has 0 spiro atoms. The van der Waals surface area contributed by atoms with Gasteiger partial charge in [0.1, 0.15) is 0 Å². The quantitative estimate of drug-likeness (QED) is 0.833. The fourth-order valence-corrected chi connectivity index (χ4v) is 1.59. The van der Waals surface area contributed by atoms with Gasteiger partial charge in [0.05, 0.1) is 6.10 Å².